The normalized spacial score (nSPS) is 12.1. The molecule has 0 saturated heterocycles. The van der Waals surface area contributed by atoms with Gasteiger partial charge in [0.05, 0.1) is 48.1 Å². The van der Waals surface area contributed by atoms with Crippen LogP contribution in [-0.4, -0.2) is 28.6 Å². The Labute approximate surface area is 616 Å². The van der Waals surface area contributed by atoms with Gasteiger partial charge in [-0.1, -0.05) is 320 Å². The number of rotatable bonds is 46. The first-order chi connectivity index (χ1) is 50.9. The van der Waals surface area contributed by atoms with E-state index in [1.165, 1.54) is 239 Å². The molecule has 0 bridgehead atoms. The smallest absolute Gasteiger partial charge is 0.287 e. The highest BCUT2D eigenvalue weighted by atomic mass is 16.6. The van der Waals surface area contributed by atoms with Crippen LogP contribution in [0.15, 0.2) is 70.3 Å². The first kappa shape index (κ1) is 76.8. The summed E-state index contributed by atoms with van der Waals surface area (Å²) in [5, 5.41) is 32.4. The average molecular weight is 1410 g/mol. The van der Waals surface area contributed by atoms with Gasteiger partial charge in [-0.25, -0.2) is 9.97 Å². The number of non-ortho nitro benzene ring substituents is 1. The molecule has 0 spiro atoms. The number of nitrogen functional groups attached to an aromatic ring is 2. The Hall–Kier alpha value is -8.36. The first-order valence-electron chi connectivity index (χ1n) is 41.2. The molecular formula is C90H116N8O6. The molecule has 0 saturated carbocycles. The molecule has 0 aliphatic rings. The van der Waals surface area contributed by atoms with Crippen LogP contribution in [0.5, 0.6) is 0 Å². The SMILES string of the molecule is CCCCCCCCCCCCC(C#Cc1cc2nc3c4ccc5c6c(N)cc7c(=O)n8c9cc([N+](=O)[O-])c(C#CC(CCCCCCCCCCCC)CCCCCCCCCCCC)cc9nc8c8ccc(c9c([N+](=O)[O-])cc(c(=O)n3c2cc1N)c4c59)c6c78)CCCCCCCCCCCC. The van der Waals surface area contributed by atoms with E-state index in [0.29, 0.717) is 87.3 Å². The molecule has 0 aliphatic carbocycles. The summed E-state index contributed by atoms with van der Waals surface area (Å²) >= 11 is 0. The number of benzene rings is 7. The molecule has 0 amide bonds. The zero-order valence-corrected chi connectivity index (χ0v) is 63.3. The summed E-state index contributed by atoms with van der Waals surface area (Å²) in [6, 6.07) is 17.2. The quantitative estimate of drug-likeness (QED) is 0.00702. The van der Waals surface area contributed by atoms with Gasteiger partial charge in [0.15, 0.2) is 0 Å². The lowest BCUT2D eigenvalue weighted by Gasteiger charge is -2.19. The number of nitro benzene ring substituents is 2. The van der Waals surface area contributed by atoms with Gasteiger partial charge in [0.1, 0.15) is 16.9 Å². The topological polar surface area (TPSA) is 207 Å². The van der Waals surface area contributed by atoms with E-state index in [4.69, 9.17) is 21.4 Å². The number of pyridine rings is 2. The van der Waals surface area contributed by atoms with Crippen LogP contribution in [0, 0.1) is 55.7 Å². The zero-order chi connectivity index (χ0) is 72.9. The maximum absolute atomic E-state index is 15.3. The van der Waals surface area contributed by atoms with Crippen LogP contribution in [-0.2, 0) is 0 Å². The molecule has 4 aromatic heterocycles. The second-order valence-corrected chi connectivity index (χ2v) is 30.8. The summed E-state index contributed by atoms with van der Waals surface area (Å²) < 4.78 is 2.96. The van der Waals surface area contributed by atoms with Crippen molar-refractivity contribution in [1.29, 1.82) is 0 Å². The Morgan fingerprint density at radius 1 is 0.356 bits per heavy atom. The molecule has 4 heterocycles. The number of unbranched alkanes of at least 4 members (excludes halogenated alkanes) is 36. The molecular weight excluding hydrogens is 1290 g/mol. The third-order valence-electron chi connectivity index (χ3n) is 22.9. The van der Waals surface area contributed by atoms with E-state index in [1.807, 2.05) is 30.3 Å². The van der Waals surface area contributed by atoms with Crippen LogP contribution >= 0.6 is 0 Å². The van der Waals surface area contributed by atoms with Crippen LogP contribution in [0.4, 0.5) is 22.7 Å². The molecule has 7 aromatic carbocycles. The van der Waals surface area contributed by atoms with Crippen molar-refractivity contribution < 1.29 is 9.85 Å². The van der Waals surface area contributed by atoms with Crippen LogP contribution < -0.4 is 22.6 Å². The summed E-state index contributed by atoms with van der Waals surface area (Å²) in [5.74, 6) is 14.3. The van der Waals surface area contributed by atoms with E-state index in [9.17, 15) is 20.2 Å². The van der Waals surface area contributed by atoms with Crippen LogP contribution in [0.1, 0.15) is 321 Å². The van der Waals surface area contributed by atoms with Crippen LogP contribution in [0.3, 0.4) is 0 Å². The minimum Gasteiger partial charge on any atom is -0.398 e. The second kappa shape index (κ2) is 38.1. The van der Waals surface area contributed by atoms with E-state index < -0.39 is 21.0 Å². The largest absolute Gasteiger partial charge is 0.398 e. The number of nitro groups is 2. The number of hydrogen-bond acceptors (Lipinski definition) is 10. The lowest BCUT2D eigenvalue weighted by atomic mass is 9.84. The van der Waals surface area contributed by atoms with Gasteiger partial charge in [0.2, 0.25) is 0 Å². The number of anilines is 2. The van der Waals surface area contributed by atoms with Crippen molar-refractivity contribution in [2.45, 2.75) is 310 Å². The van der Waals surface area contributed by atoms with E-state index >= 15 is 9.59 Å². The lowest BCUT2D eigenvalue weighted by molar-refractivity contribution is -0.385. The summed E-state index contributed by atoms with van der Waals surface area (Å²) in [4.78, 5) is 66.8. The number of nitrogens with two attached hydrogens (primary N) is 2. The van der Waals surface area contributed by atoms with E-state index in [1.54, 1.807) is 18.2 Å². The average Bonchev–Trinajstić information content (AvgIpc) is 1.07. The highest BCUT2D eigenvalue weighted by Gasteiger charge is 2.31. The molecule has 14 nitrogen and oxygen atoms in total. The lowest BCUT2D eigenvalue weighted by Crippen LogP contribution is -2.15. The molecule has 0 unspecified atom stereocenters. The van der Waals surface area contributed by atoms with Gasteiger partial charge in [-0.05, 0) is 72.9 Å². The van der Waals surface area contributed by atoms with Crippen molar-refractivity contribution >= 4 is 121 Å². The number of fused-ring (bicyclic) bond motifs is 10. The van der Waals surface area contributed by atoms with Gasteiger partial charge in [0.25, 0.3) is 22.5 Å². The molecule has 11 rings (SSSR count). The fraction of sp³-hybridized carbons (Fsp3) is 0.556. The summed E-state index contributed by atoms with van der Waals surface area (Å²) in [6.07, 6.45) is 54.6. The maximum atomic E-state index is 15.3. The Kier molecular flexibility index (Phi) is 28.1. The molecule has 104 heavy (non-hydrogen) atoms. The van der Waals surface area contributed by atoms with Gasteiger partial charge in [-0.2, -0.15) is 0 Å². The predicted octanol–water partition coefficient (Wildman–Crippen LogP) is 25.4. The third-order valence-corrected chi connectivity index (χ3v) is 22.9. The zero-order valence-electron chi connectivity index (χ0n) is 63.3. The van der Waals surface area contributed by atoms with Crippen LogP contribution in [0.25, 0.3) is 98.0 Å². The molecule has 0 atom stereocenters. The number of nitrogens with zero attached hydrogens (tertiary/aromatic N) is 6. The number of hydrogen-bond donors (Lipinski definition) is 2. The first-order valence-corrected chi connectivity index (χ1v) is 41.2. The second-order valence-electron chi connectivity index (χ2n) is 30.8. The Balaban J connectivity index is 0.917. The summed E-state index contributed by atoms with van der Waals surface area (Å²) in [7, 11) is 0. The van der Waals surface area contributed by atoms with Crippen molar-refractivity contribution in [1.82, 2.24) is 18.8 Å². The monoisotopic (exact) mass is 1400 g/mol. The molecule has 552 valence electrons. The van der Waals surface area contributed by atoms with Crippen molar-refractivity contribution in [2.75, 3.05) is 11.5 Å². The number of aromatic nitrogens is 4. The highest BCUT2D eigenvalue weighted by molar-refractivity contribution is 6.43. The van der Waals surface area contributed by atoms with Gasteiger partial charge in [-0.15, -0.1) is 0 Å². The molecule has 0 aliphatic heterocycles. The number of imidazole rings is 2. The Morgan fingerprint density at radius 3 is 1.08 bits per heavy atom. The Morgan fingerprint density at radius 2 is 0.683 bits per heavy atom. The van der Waals surface area contributed by atoms with E-state index in [0.717, 1.165) is 64.2 Å². The predicted molar refractivity (Wildman–Crippen MR) is 439 cm³/mol. The third kappa shape index (κ3) is 17.9. The molecule has 0 fully saturated rings. The molecule has 0 radical (unpaired) electrons. The molecule has 14 heteroatoms. The van der Waals surface area contributed by atoms with Crippen molar-refractivity contribution in [3.8, 4) is 23.7 Å². The van der Waals surface area contributed by atoms with E-state index in [-0.39, 0.29) is 56.4 Å². The fourth-order valence-corrected chi connectivity index (χ4v) is 17.0. The fourth-order valence-electron chi connectivity index (χ4n) is 17.0. The molecule has 4 N–H and O–H groups in total. The standard InChI is InChI=1S/C90H116N8O6/c1-5-9-13-17-21-25-29-33-37-41-45-63(46-42-38-34-30-26-22-18-14-10-6-2)49-51-65-57-75-78(61-73(65)91)95-87(93-75)70-55-53-67-83-74(92)59-71-81-69(56-54-68(85(81)83)84-80(98(103)104)60-72(90(95)100)82(70)86(67)84)88-94-76-58-66(77(97(101)102)62-79(76)96(88)89(71)99)52-50-64(47-43-39-35-31-27-23-19-15-11-7-3)48-44-40-36-32-28-24-20-16-12-8-4/h53-64H,5-48,91-92H2,1-4H3. The van der Waals surface area contributed by atoms with Gasteiger partial charge < -0.3 is 11.5 Å². The summed E-state index contributed by atoms with van der Waals surface area (Å²) in [5.41, 5.74) is 16.7. The van der Waals surface area contributed by atoms with E-state index in [2.05, 4.69) is 51.4 Å². The molecule has 11 aromatic rings. The summed E-state index contributed by atoms with van der Waals surface area (Å²) in [6.45, 7) is 9.05. The van der Waals surface area contributed by atoms with Crippen LogP contribution in [0.2, 0.25) is 0 Å². The van der Waals surface area contributed by atoms with Crippen molar-refractivity contribution in [3.05, 3.63) is 113 Å². The van der Waals surface area contributed by atoms with Gasteiger partial charge >= 0.3 is 0 Å². The minimum absolute atomic E-state index is 0.0892. The van der Waals surface area contributed by atoms with Crippen molar-refractivity contribution in [2.24, 2.45) is 11.8 Å². The van der Waals surface area contributed by atoms with Gasteiger partial charge in [-0.3, -0.25) is 38.6 Å². The maximum Gasteiger partial charge on any atom is 0.287 e. The Bertz CT molecular complexity index is 4920. The minimum atomic E-state index is -0.482. The highest BCUT2D eigenvalue weighted by Crippen LogP contribution is 2.50. The van der Waals surface area contributed by atoms with Crippen molar-refractivity contribution in [3.63, 3.8) is 0 Å². The van der Waals surface area contributed by atoms with Gasteiger partial charge in [0, 0.05) is 78.6 Å².